The normalized spacial score (nSPS) is 11.4. The van der Waals surface area contributed by atoms with Crippen LogP contribution in [0, 0.1) is 6.92 Å². The Morgan fingerprint density at radius 1 is 1.24 bits per heavy atom. The van der Waals surface area contributed by atoms with Gasteiger partial charge in [-0.05, 0) is 43.0 Å². The topological polar surface area (TPSA) is 72.2 Å². The Balaban J connectivity index is 2.44. The van der Waals surface area contributed by atoms with Gasteiger partial charge in [0.2, 0.25) is 0 Å². The van der Waals surface area contributed by atoms with Crippen LogP contribution in [0.2, 0.25) is 5.02 Å². The molecule has 7 heteroatoms. The summed E-state index contributed by atoms with van der Waals surface area (Å²) in [6.45, 7) is 1.74. The van der Waals surface area contributed by atoms with Crippen molar-refractivity contribution in [3.63, 3.8) is 0 Å². The van der Waals surface area contributed by atoms with Crippen molar-refractivity contribution in [1.82, 2.24) is 0 Å². The zero-order valence-electron chi connectivity index (χ0n) is 11.6. The van der Waals surface area contributed by atoms with E-state index in [-0.39, 0.29) is 4.90 Å². The Morgan fingerprint density at radius 2 is 1.90 bits per heavy atom. The fraction of sp³-hybridized carbons (Fsp3) is 0.143. The summed E-state index contributed by atoms with van der Waals surface area (Å²) in [5.41, 5.74) is 7.33. The van der Waals surface area contributed by atoms with Crippen LogP contribution in [0.3, 0.4) is 0 Å². The molecule has 2 aromatic rings. The number of anilines is 2. The summed E-state index contributed by atoms with van der Waals surface area (Å²) >= 11 is 7.47. The van der Waals surface area contributed by atoms with Gasteiger partial charge in [-0.15, -0.1) is 11.8 Å². The van der Waals surface area contributed by atoms with Crippen LogP contribution < -0.4 is 10.5 Å². The molecule has 0 saturated carbocycles. The van der Waals surface area contributed by atoms with Crippen molar-refractivity contribution < 1.29 is 8.42 Å². The minimum absolute atomic E-state index is 0.0477. The van der Waals surface area contributed by atoms with E-state index < -0.39 is 10.0 Å². The first-order valence-corrected chi connectivity index (χ1v) is 9.15. The molecule has 0 fully saturated rings. The number of thioether (sulfide) groups is 1. The number of hydrogen-bond donors (Lipinski definition) is 2. The molecule has 0 aliphatic heterocycles. The Bertz CT molecular complexity index is 753. The summed E-state index contributed by atoms with van der Waals surface area (Å²) in [7, 11) is -3.74. The quantitative estimate of drug-likeness (QED) is 0.655. The van der Waals surface area contributed by atoms with Crippen molar-refractivity contribution in [1.29, 1.82) is 0 Å². The molecule has 4 nitrogen and oxygen atoms in total. The molecule has 0 saturated heterocycles. The molecule has 3 N–H and O–H groups in total. The van der Waals surface area contributed by atoms with Crippen molar-refractivity contribution in [2.75, 3.05) is 16.7 Å². The highest BCUT2D eigenvalue weighted by molar-refractivity contribution is 7.99. The number of para-hydroxylation sites is 1. The molecule has 112 valence electrons. The third kappa shape index (κ3) is 3.45. The van der Waals surface area contributed by atoms with E-state index in [2.05, 4.69) is 4.72 Å². The maximum atomic E-state index is 12.5. The first kappa shape index (κ1) is 16.0. The first-order valence-electron chi connectivity index (χ1n) is 6.06. The smallest absolute Gasteiger partial charge is 0.262 e. The lowest BCUT2D eigenvalue weighted by Crippen LogP contribution is -2.14. The Kier molecular flexibility index (Phi) is 4.70. The van der Waals surface area contributed by atoms with Gasteiger partial charge in [0.25, 0.3) is 10.0 Å². The number of halogens is 1. The lowest BCUT2D eigenvalue weighted by Gasteiger charge is -2.13. The molecule has 0 radical (unpaired) electrons. The highest BCUT2D eigenvalue weighted by atomic mass is 35.5. The standard InChI is InChI=1S/C14H15ClN2O2S2/c1-9-11(15)7-10(8-12(9)16)21(18,19)17-13-5-3-4-6-14(13)20-2/h3-8,17H,16H2,1-2H3. The highest BCUT2D eigenvalue weighted by Crippen LogP contribution is 2.30. The lowest BCUT2D eigenvalue weighted by atomic mass is 10.2. The van der Waals surface area contributed by atoms with Crippen LogP contribution in [-0.2, 0) is 10.0 Å². The van der Waals surface area contributed by atoms with Gasteiger partial charge in [0.05, 0.1) is 10.6 Å². The summed E-state index contributed by atoms with van der Waals surface area (Å²) in [5.74, 6) is 0. The van der Waals surface area contributed by atoms with E-state index in [0.717, 1.165) is 4.90 Å². The van der Waals surface area contributed by atoms with E-state index in [1.165, 1.54) is 23.9 Å². The second-order valence-electron chi connectivity index (χ2n) is 4.43. The van der Waals surface area contributed by atoms with Crippen LogP contribution in [0.5, 0.6) is 0 Å². The SMILES string of the molecule is CSc1ccccc1NS(=O)(=O)c1cc(N)c(C)c(Cl)c1. The number of rotatable bonds is 4. The van der Waals surface area contributed by atoms with Gasteiger partial charge in [-0.3, -0.25) is 4.72 Å². The van der Waals surface area contributed by atoms with E-state index >= 15 is 0 Å². The molecule has 2 aromatic carbocycles. The fourth-order valence-corrected chi connectivity index (χ4v) is 3.81. The lowest BCUT2D eigenvalue weighted by molar-refractivity contribution is 0.601. The maximum Gasteiger partial charge on any atom is 0.262 e. The summed E-state index contributed by atoms with van der Waals surface area (Å²) in [6.07, 6.45) is 1.88. The van der Waals surface area contributed by atoms with Gasteiger partial charge in [-0.1, -0.05) is 23.7 Å². The molecule has 0 heterocycles. The third-order valence-corrected chi connectivity index (χ3v) is 5.55. The molecular weight excluding hydrogens is 328 g/mol. The van der Waals surface area contributed by atoms with Crippen molar-refractivity contribution in [3.8, 4) is 0 Å². The van der Waals surface area contributed by atoms with E-state index in [9.17, 15) is 8.42 Å². The van der Waals surface area contributed by atoms with Gasteiger partial charge in [0.15, 0.2) is 0 Å². The summed E-state index contributed by atoms with van der Waals surface area (Å²) in [4.78, 5) is 0.888. The Labute approximate surface area is 133 Å². The van der Waals surface area contributed by atoms with Gasteiger partial charge < -0.3 is 5.73 Å². The van der Waals surface area contributed by atoms with Crippen LogP contribution in [0.25, 0.3) is 0 Å². The molecule has 21 heavy (non-hydrogen) atoms. The molecule has 0 atom stereocenters. The van der Waals surface area contributed by atoms with E-state index in [0.29, 0.717) is 22.0 Å². The zero-order valence-corrected chi connectivity index (χ0v) is 13.9. The van der Waals surface area contributed by atoms with E-state index in [1.54, 1.807) is 19.1 Å². The summed E-state index contributed by atoms with van der Waals surface area (Å²) in [6, 6.07) is 9.99. The van der Waals surface area contributed by atoms with Gasteiger partial charge in [-0.25, -0.2) is 8.42 Å². The van der Waals surface area contributed by atoms with Crippen LogP contribution in [0.15, 0.2) is 46.2 Å². The summed E-state index contributed by atoms with van der Waals surface area (Å²) in [5, 5.41) is 0.327. The number of sulfonamides is 1. The van der Waals surface area contributed by atoms with E-state index in [1.807, 2.05) is 18.4 Å². The van der Waals surface area contributed by atoms with Crippen LogP contribution >= 0.6 is 23.4 Å². The molecule has 0 bridgehead atoms. The van der Waals surface area contributed by atoms with Crippen molar-refractivity contribution in [3.05, 3.63) is 47.0 Å². The van der Waals surface area contributed by atoms with Crippen molar-refractivity contribution in [2.24, 2.45) is 0 Å². The third-order valence-electron chi connectivity index (χ3n) is 3.02. The molecule has 2 rings (SSSR count). The molecule has 0 aliphatic carbocycles. The predicted molar refractivity (Wildman–Crippen MR) is 89.6 cm³/mol. The Morgan fingerprint density at radius 3 is 2.52 bits per heavy atom. The van der Waals surface area contributed by atoms with E-state index in [4.69, 9.17) is 17.3 Å². The molecule has 0 amide bonds. The van der Waals surface area contributed by atoms with Gasteiger partial charge in [0, 0.05) is 15.6 Å². The highest BCUT2D eigenvalue weighted by Gasteiger charge is 2.18. The largest absolute Gasteiger partial charge is 0.398 e. The second-order valence-corrected chi connectivity index (χ2v) is 7.36. The van der Waals surface area contributed by atoms with Crippen LogP contribution in [0.4, 0.5) is 11.4 Å². The molecule has 0 aliphatic rings. The molecule has 0 spiro atoms. The second kappa shape index (κ2) is 6.17. The van der Waals surface area contributed by atoms with Gasteiger partial charge in [0.1, 0.15) is 0 Å². The average molecular weight is 343 g/mol. The summed E-state index contributed by atoms with van der Waals surface area (Å²) < 4.78 is 27.5. The minimum Gasteiger partial charge on any atom is -0.398 e. The fourth-order valence-electron chi connectivity index (χ4n) is 1.76. The first-order chi connectivity index (χ1) is 9.85. The number of nitrogen functional groups attached to an aromatic ring is 1. The molecule has 0 unspecified atom stereocenters. The van der Waals surface area contributed by atoms with Gasteiger partial charge >= 0.3 is 0 Å². The number of nitrogens with two attached hydrogens (primary N) is 1. The van der Waals surface area contributed by atoms with Gasteiger partial charge in [-0.2, -0.15) is 0 Å². The van der Waals surface area contributed by atoms with Crippen molar-refractivity contribution in [2.45, 2.75) is 16.7 Å². The molecule has 0 aromatic heterocycles. The minimum atomic E-state index is -3.74. The van der Waals surface area contributed by atoms with Crippen LogP contribution in [0.1, 0.15) is 5.56 Å². The number of hydrogen-bond acceptors (Lipinski definition) is 4. The van der Waals surface area contributed by atoms with Crippen molar-refractivity contribution >= 4 is 44.8 Å². The number of benzene rings is 2. The number of nitrogens with one attached hydrogen (secondary N) is 1. The Hall–Kier alpha value is -1.37. The maximum absolute atomic E-state index is 12.5. The average Bonchev–Trinajstić information content (AvgIpc) is 2.44. The monoisotopic (exact) mass is 342 g/mol. The molecular formula is C14H15ClN2O2S2. The van der Waals surface area contributed by atoms with Crippen LogP contribution in [-0.4, -0.2) is 14.7 Å². The predicted octanol–water partition coefficient (Wildman–Crippen LogP) is 3.75. The zero-order chi connectivity index (χ0) is 15.6.